The van der Waals surface area contributed by atoms with E-state index in [1.54, 1.807) is 0 Å². The van der Waals surface area contributed by atoms with Crippen molar-refractivity contribution >= 4 is 41.5 Å². The summed E-state index contributed by atoms with van der Waals surface area (Å²) in [5, 5.41) is 2.18. The molecule has 0 aliphatic carbocycles. The average molecular weight is 249 g/mol. The highest BCUT2D eigenvalue weighted by Crippen LogP contribution is 2.14. The molecule has 0 heterocycles. The van der Waals surface area contributed by atoms with E-state index < -0.39 is 8.80 Å². The second-order valence-corrected chi connectivity index (χ2v) is 6.36. The third-order valence-corrected chi connectivity index (χ3v) is 4.50. The fourth-order valence-corrected chi connectivity index (χ4v) is 4.51. The van der Waals surface area contributed by atoms with E-state index in [1.807, 2.05) is 18.2 Å². The minimum atomic E-state index is -0.451. The highest BCUT2D eigenvalue weighted by Gasteiger charge is 2.09. The van der Waals surface area contributed by atoms with Crippen LogP contribution in [0.15, 0.2) is 22.7 Å². The Morgan fingerprint density at radius 2 is 2.00 bits per heavy atom. The minimum Gasteiger partial charge on any atom is -0.0844 e. The van der Waals surface area contributed by atoms with Crippen LogP contribution in [0.5, 0.6) is 0 Å². The van der Waals surface area contributed by atoms with Crippen LogP contribution in [0.2, 0.25) is 18.1 Å². The first-order chi connectivity index (χ1) is 5.13. The molecular formula is C8H9BrClSi. The van der Waals surface area contributed by atoms with Crippen molar-refractivity contribution in [3.8, 4) is 0 Å². The van der Waals surface area contributed by atoms with Crippen molar-refractivity contribution in [3.05, 3.63) is 27.7 Å². The number of hydrogen-bond acceptors (Lipinski definition) is 0. The lowest BCUT2D eigenvalue weighted by Crippen LogP contribution is -2.24. The largest absolute Gasteiger partial charge is 0.0844 e. The molecule has 1 aromatic rings. The Balaban J connectivity index is 3.21. The van der Waals surface area contributed by atoms with E-state index in [4.69, 9.17) is 11.6 Å². The molecule has 0 N–H and O–H groups in total. The summed E-state index contributed by atoms with van der Waals surface area (Å²) in [6, 6.07) is 5.94. The summed E-state index contributed by atoms with van der Waals surface area (Å²) in [5.41, 5.74) is 0. The summed E-state index contributed by atoms with van der Waals surface area (Å²) in [4.78, 5) is 0. The molecule has 0 aromatic heterocycles. The van der Waals surface area contributed by atoms with E-state index in [0.29, 0.717) is 0 Å². The van der Waals surface area contributed by atoms with Crippen LogP contribution in [0.25, 0.3) is 0 Å². The van der Waals surface area contributed by atoms with Crippen molar-refractivity contribution in [2.75, 3.05) is 0 Å². The van der Waals surface area contributed by atoms with Crippen LogP contribution in [-0.2, 0) is 0 Å². The van der Waals surface area contributed by atoms with Crippen molar-refractivity contribution in [1.82, 2.24) is 0 Å². The Morgan fingerprint density at radius 1 is 1.36 bits per heavy atom. The topological polar surface area (TPSA) is 0 Å². The fraction of sp³-hybridized carbons (Fsp3) is 0.250. The molecule has 0 fully saturated rings. The van der Waals surface area contributed by atoms with Crippen LogP contribution in [0.4, 0.5) is 0 Å². The maximum atomic E-state index is 6.02. The summed E-state index contributed by atoms with van der Waals surface area (Å²) in [6.07, 6.45) is 0. The van der Waals surface area contributed by atoms with Crippen molar-refractivity contribution in [3.63, 3.8) is 0 Å². The van der Waals surface area contributed by atoms with Gasteiger partial charge in [-0.1, -0.05) is 46.7 Å². The van der Waals surface area contributed by atoms with Crippen molar-refractivity contribution in [2.24, 2.45) is 0 Å². The lowest BCUT2D eigenvalue weighted by atomic mass is 10.4. The zero-order valence-electron chi connectivity index (χ0n) is 6.49. The second kappa shape index (κ2) is 3.74. The van der Waals surface area contributed by atoms with Gasteiger partial charge in [-0.15, -0.1) is 0 Å². The van der Waals surface area contributed by atoms with Crippen LogP contribution in [0.3, 0.4) is 0 Å². The van der Waals surface area contributed by atoms with Gasteiger partial charge in [0.25, 0.3) is 0 Å². The standard InChI is InChI=1S/C8H9BrClSi/c1-11(2)8-6(9)4-3-5-7(8)10/h3-5H,1-2H3. The SMILES string of the molecule is C[Si](C)c1c(Cl)cccc1Br. The molecule has 0 saturated carbocycles. The Kier molecular flexibility index (Phi) is 3.16. The van der Waals surface area contributed by atoms with Crippen LogP contribution in [0.1, 0.15) is 0 Å². The Morgan fingerprint density at radius 3 is 2.36 bits per heavy atom. The van der Waals surface area contributed by atoms with Gasteiger partial charge in [-0.2, -0.15) is 0 Å². The predicted octanol–water partition coefficient (Wildman–Crippen LogP) is 3.06. The second-order valence-electron chi connectivity index (χ2n) is 2.60. The molecule has 1 radical (unpaired) electrons. The van der Waals surface area contributed by atoms with E-state index in [9.17, 15) is 0 Å². The van der Waals surface area contributed by atoms with Gasteiger partial charge in [0.1, 0.15) is 0 Å². The van der Waals surface area contributed by atoms with Gasteiger partial charge in [0.05, 0.1) is 8.80 Å². The molecule has 3 heteroatoms. The first-order valence-electron chi connectivity index (χ1n) is 3.37. The third-order valence-electron chi connectivity index (χ3n) is 1.46. The van der Waals surface area contributed by atoms with Gasteiger partial charge >= 0.3 is 0 Å². The van der Waals surface area contributed by atoms with Crippen molar-refractivity contribution < 1.29 is 0 Å². The maximum absolute atomic E-state index is 6.02. The first-order valence-corrected chi connectivity index (χ1v) is 7.04. The van der Waals surface area contributed by atoms with Crippen LogP contribution in [-0.4, -0.2) is 8.80 Å². The average Bonchev–Trinajstić information content (AvgIpc) is 1.85. The van der Waals surface area contributed by atoms with Crippen LogP contribution < -0.4 is 5.19 Å². The monoisotopic (exact) mass is 247 g/mol. The molecule has 11 heavy (non-hydrogen) atoms. The number of benzene rings is 1. The Bertz CT molecular complexity index is 240. The van der Waals surface area contributed by atoms with Gasteiger partial charge < -0.3 is 0 Å². The molecular weight excluding hydrogens is 240 g/mol. The molecule has 1 aromatic carbocycles. The fourth-order valence-electron chi connectivity index (χ4n) is 0.975. The summed E-state index contributed by atoms with van der Waals surface area (Å²) >= 11 is 9.51. The molecule has 0 atom stereocenters. The Hall–Kier alpha value is 0.207. The zero-order valence-corrected chi connectivity index (χ0v) is 9.83. The zero-order chi connectivity index (χ0) is 8.43. The Labute approximate surface area is 82.3 Å². The molecule has 0 aliphatic heterocycles. The third kappa shape index (κ3) is 2.07. The van der Waals surface area contributed by atoms with Gasteiger partial charge in [0.2, 0.25) is 0 Å². The summed E-state index contributed by atoms with van der Waals surface area (Å²) < 4.78 is 1.14. The summed E-state index contributed by atoms with van der Waals surface area (Å²) in [6.45, 7) is 4.47. The number of halogens is 2. The van der Waals surface area contributed by atoms with Crippen molar-refractivity contribution in [1.29, 1.82) is 0 Å². The van der Waals surface area contributed by atoms with Crippen molar-refractivity contribution in [2.45, 2.75) is 13.1 Å². The molecule has 0 amide bonds. The summed E-state index contributed by atoms with van der Waals surface area (Å²) in [7, 11) is -0.451. The molecule has 0 aliphatic rings. The molecule has 59 valence electrons. The van der Waals surface area contributed by atoms with Gasteiger partial charge in [-0.05, 0) is 17.3 Å². The van der Waals surface area contributed by atoms with E-state index in [0.717, 1.165) is 9.50 Å². The molecule has 0 saturated heterocycles. The van der Waals surface area contributed by atoms with Crippen LogP contribution >= 0.6 is 27.5 Å². The smallest absolute Gasteiger partial charge is 0.0826 e. The first kappa shape index (κ1) is 9.30. The molecule has 1 rings (SSSR count). The van der Waals surface area contributed by atoms with E-state index >= 15 is 0 Å². The molecule has 0 unspecified atom stereocenters. The van der Waals surface area contributed by atoms with Gasteiger partial charge in [0.15, 0.2) is 0 Å². The normalized spacial score (nSPS) is 10.6. The summed E-state index contributed by atoms with van der Waals surface area (Å²) in [5.74, 6) is 0. The van der Waals surface area contributed by atoms with E-state index in [2.05, 4.69) is 29.0 Å². The van der Waals surface area contributed by atoms with E-state index in [-0.39, 0.29) is 0 Å². The highest BCUT2D eigenvalue weighted by atomic mass is 79.9. The molecule has 0 nitrogen and oxygen atoms in total. The van der Waals surface area contributed by atoms with E-state index in [1.165, 1.54) is 5.19 Å². The highest BCUT2D eigenvalue weighted by molar-refractivity contribution is 9.10. The lowest BCUT2D eigenvalue weighted by molar-refractivity contribution is 1.69. The molecule has 0 spiro atoms. The van der Waals surface area contributed by atoms with Gasteiger partial charge in [-0.3, -0.25) is 0 Å². The number of hydrogen-bond donors (Lipinski definition) is 0. The minimum absolute atomic E-state index is 0.451. The quantitative estimate of drug-likeness (QED) is 0.670. The lowest BCUT2D eigenvalue weighted by Gasteiger charge is -2.08. The van der Waals surface area contributed by atoms with Gasteiger partial charge in [0, 0.05) is 9.50 Å². The molecule has 0 bridgehead atoms. The van der Waals surface area contributed by atoms with Gasteiger partial charge in [-0.25, -0.2) is 0 Å². The predicted molar refractivity (Wildman–Crippen MR) is 56.3 cm³/mol. The maximum Gasteiger partial charge on any atom is 0.0826 e. The number of rotatable bonds is 1. The van der Waals surface area contributed by atoms with Crippen LogP contribution in [0, 0.1) is 0 Å².